The number of amides is 1. The molecule has 0 radical (unpaired) electrons. The van der Waals surface area contributed by atoms with Gasteiger partial charge in [0.1, 0.15) is 5.01 Å². The summed E-state index contributed by atoms with van der Waals surface area (Å²) in [6, 6.07) is 24.1. The van der Waals surface area contributed by atoms with E-state index in [1.54, 1.807) is 12.4 Å². The second-order valence-corrected chi connectivity index (χ2v) is 8.75. The van der Waals surface area contributed by atoms with Crippen molar-refractivity contribution >= 4 is 17.2 Å². The Morgan fingerprint density at radius 3 is 2.47 bits per heavy atom. The van der Waals surface area contributed by atoms with Crippen LogP contribution in [0.4, 0.5) is 0 Å². The van der Waals surface area contributed by atoms with Crippen LogP contribution in [-0.4, -0.2) is 25.7 Å². The topological polar surface area (TPSA) is 72.7 Å². The number of hydrogen-bond donors (Lipinski definition) is 1. The summed E-state index contributed by atoms with van der Waals surface area (Å²) in [6.45, 7) is 1.07. The fourth-order valence-electron chi connectivity index (χ4n) is 3.71. The molecule has 0 atom stereocenters. The molecule has 1 amide bonds. The van der Waals surface area contributed by atoms with Gasteiger partial charge in [-0.25, -0.2) is 4.98 Å². The van der Waals surface area contributed by atoms with Crippen LogP contribution < -0.4 is 5.32 Å². The highest BCUT2D eigenvalue weighted by molar-refractivity contribution is 7.13. The molecule has 0 unspecified atom stereocenters. The predicted octanol–water partition coefficient (Wildman–Crippen LogP) is 4.98. The minimum atomic E-state index is -0.0714. The van der Waals surface area contributed by atoms with Crippen molar-refractivity contribution in [1.82, 2.24) is 25.1 Å². The number of nitrogens with one attached hydrogen (secondary N) is 1. The summed E-state index contributed by atoms with van der Waals surface area (Å²) in [5.41, 5.74) is 5.77. The zero-order valence-corrected chi connectivity index (χ0v) is 19.3. The van der Waals surface area contributed by atoms with E-state index in [2.05, 4.69) is 27.4 Å². The van der Waals surface area contributed by atoms with Crippen LogP contribution >= 0.6 is 11.3 Å². The van der Waals surface area contributed by atoms with Gasteiger partial charge in [0.15, 0.2) is 0 Å². The maximum Gasteiger partial charge on any atom is 0.226 e. The van der Waals surface area contributed by atoms with Crippen molar-refractivity contribution in [3.05, 3.63) is 114 Å². The lowest BCUT2D eigenvalue weighted by Gasteiger charge is -2.05. The van der Waals surface area contributed by atoms with Crippen LogP contribution in [0.3, 0.4) is 0 Å². The summed E-state index contributed by atoms with van der Waals surface area (Å²) in [5.74, 6) is -0.0714. The van der Waals surface area contributed by atoms with Crippen molar-refractivity contribution in [3.63, 3.8) is 0 Å². The lowest BCUT2D eigenvalue weighted by Crippen LogP contribution is -2.24. The normalized spacial score (nSPS) is 10.8. The first-order valence-electron chi connectivity index (χ1n) is 11.0. The molecule has 5 aromatic rings. The third-order valence-corrected chi connectivity index (χ3v) is 6.29. The number of hydrogen-bond acceptors (Lipinski definition) is 5. The van der Waals surface area contributed by atoms with Crippen molar-refractivity contribution in [2.75, 3.05) is 0 Å². The minimum absolute atomic E-state index is 0.0714. The summed E-state index contributed by atoms with van der Waals surface area (Å²) in [6.07, 6.45) is 5.76. The first-order chi connectivity index (χ1) is 16.7. The average Bonchev–Trinajstić information content (AvgIpc) is 3.51. The molecule has 0 aliphatic carbocycles. The first-order valence-corrected chi connectivity index (χ1v) is 11.9. The standard InChI is InChI=1S/C27H23N5OS/c33-25(14-24-19-34-27(30-24)22-12-7-13-28-15-22)29-16-23-18-32(17-20-8-3-1-4-9-20)31-26(23)21-10-5-2-6-11-21/h1-13,15,18-19H,14,16-17H2,(H,29,33). The number of pyridine rings is 1. The van der Waals surface area contributed by atoms with Crippen molar-refractivity contribution in [1.29, 1.82) is 0 Å². The largest absolute Gasteiger partial charge is 0.352 e. The smallest absolute Gasteiger partial charge is 0.226 e. The lowest BCUT2D eigenvalue weighted by molar-refractivity contribution is -0.120. The van der Waals surface area contributed by atoms with Crippen LogP contribution in [0.2, 0.25) is 0 Å². The molecule has 6 nitrogen and oxygen atoms in total. The molecule has 0 bridgehead atoms. The number of carbonyl (C=O) groups excluding carboxylic acids is 1. The van der Waals surface area contributed by atoms with Crippen LogP contribution in [0.15, 0.2) is 96.8 Å². The molecular formula is C27H23N5OS. The van der Waals surface area contributed by atoms with Gasteiger partial charge in [-0.2, -0.15) is 5.10 Å². The Hall–Kier alpha value is -4.10. The third kappa shape index (κ3) is 5.27. The Bertz CT molecular complexity index is 1360. The van der Waals surface area contributed by atoms with Crippen LogP contribution in [0.1, 0.15) is 16.8 Å². The van der Waals surface area contributed by atoms with E-state index in [1.807, 2.05) is 76.9 Å². The predicted molar refractivity (Wildman–Crippen MR) is 134 cm³/mol. The van der Waals surface area contributed by atoms with Crippen molar-refractivity contribution in [3.8, 4) is 21.8 Å². The SMILES string of the molecule is O=C(Cc1csc(-c2cccnc2)n1)NCc1cn(Cc2ccccc2)nc1-c1ccccc1. The summed E-state index contributed by atoms with van der Waals surface area (Å²) < 4.78 is 1.93. The number of nitrogens with zero attached hydrogens (tertiary/aromatic N) is 4. The van der Waals surface area contributed by atoms with E-state index in [1.165, 1.54) is 16.9 Å². The number of benzene rings is 2. The van der Waals surface area contributed by atoms with Gasteiger partial charge < -0.3 is 5.32 Å². The Kier molecular flexibility index (Phi) is 6.54. The van der Waals surface area contributed by atoms with Gasteiger partial charge in [0.2, 0.25) is 5.91 Å². The number of thiazole rings is 1. The maximum absolute atomic E-state index is 12.7. The van der Waals surface area contributed by atoms with E-state index in [4.69, 9.17) is 5.10 Å². The minimum Gasteiger partial charge on any atom is -0.352 e. The molecule has 0 aliphatic heterocycles. The van der Waals surface area contributed by atoms with Gasteiger partial charge in [0.05, 0.1) is 24.4 Å². The molecule has 1 N–H and O–H groups in total. The van der Waals surface area contributed by atoms with E-state index in [-0.39, 0.29) is 12.3 Å². The van der Waals surface area contributed by atoms with Gasteiger partial charge in [-0.3, -0.25) is 14.5 Å². The van der Waals surface area contributed by atoms with Crippen LogP contribution in [-0.2, 0) is 24.3 Å². The molecule has 0 fully saturated rings. The molecular weight excluding hydrogens is 442 g/mol. The van der Waals surface area contributed by atoms with Crippen molar-refractivity contribution in [2.45, 2.75) is 19.5 Å². The van der Waals surface area contributed by atoms with E-state index >= 15 is 0 Å². The van der Waals surface area contributed by atoms with Gasteiger partial charge in [-0.05, 0) is 17.7 Å². The molecule has 0 aliphatic rings. The summed E-state index contributed by atoms with van der Waals surface area (Å²) in [4.78, 5) is 21.4. The monoisotopic (exact) mass is 465 g/mol. The molecule has 5 rings (SSSR count). The van der Waals surface area contributed by atoms with Gasteiger partial charge in [-0.1, -0.05) is 60.7 Å². The molecule has 0 saturated carbocycles. The molecule has 0 saturated heterocycles. The van der Waals surface area contributed by atoms with E-state index in [0.717, 1.165) is 33.1 Å². The lowest BCUT2D eigenvalue weighted by atomic mass is 10.1. The van der Waals surface area contributed by atoms with E-state index in [9.17, 15) is 4.79 Å². The second-order valence-electron chi connectivity index (χ2n) is 7.89. The van der Waals surface area contributed by atoms with Crippen LogP contribution in [0.5, 0.6) is 0 Å². The van der Waals surface area contributed by atoms with Crippen LogP contribution in [0, 0.1) is 0 Å². The van der Waals surface area contributed by atoms with Crippen LogP contribution in [0.25, 0.3) is 21.8 Å². The van der Waals surface area contributed by atoms with Gasteiger partial charge in [-0.15, -0.1) is 11.3 Å². The zero-order chi connectivity index (χ0) is 23.2. The number of carbonyl (C=O) groups is 1. The summed E-state index contributed by atoms with van der Waals surface area (Å²) in [5, 5.41) is 10.7. The van der Waals surface area contributed by atoms with Crippen molar-refractivity contribution in [2.24, 2.45) is 0 Å². The summed E-state index contributed by atoms with van der Waals surface area (Å²) in [7, 11) is 0. The van der Waals surface area contributed by atoms with Crippen molar-refractivity contribution < 1.29 is 4.79 Å². The fourth-order valence-corrected chi connectivity index (χ4v) is 4.52. The molecule has 0 spiro atoms. The summed E-state index contributed by atoms with van der Waals surface area (Å²) >= 11 is 1.52. The third-order valence-electron chi connectivity index (χ3n) is 5.35. The highest BCUT2D eigenvalue weighted by atomic mass is 32.1. The average molecular weight is 466 g/mol. The molecule has 7 heteroatoms. The van der Waals surface area contributed by atoms with E-state index in [0.29, 0.717) is 13.1 Å². The fraction of sp³-hybridized carbons (Fsp3) is 0.111. The zero-order valence-electron chi connectivity index (χ0n) is 18.5. The van der Waals surface area contributed by atoms with E-state index < -0.39 is 0 Å². The Balaban J connectivity index is 1.28. The Labute approximate surface area is 202 Å². The highest BCUT2D eigenvalue weighted by Crippen LogP contribution is 2.24. The first kappa shape index (κ1) is 21.7. The molecule has 168 valence electrons. The second kappa shape index (κ2) is 10.2. The quantitative estimate of drug-likeness (QED) is 0.351. The highest BCUT2D eigenvalue weighted by Gasteiger charge is 2.14. The van der Waals surface area contributed by atoms with Gasteiger partial charge >= 0.3 is 0 Å². The Morgan fingerprint density at radius 2 is 1.71 bits per heavy atom. The number of aromatic nitrogens is 4. The Morgan fingerprint density at radius 1 is 0.941 bits per heavy atom. The maximum atomic E-state index is 12.7. The molecule has 3 aromatic heterocycles. The number of rotatable bonds is 8. The molecule has 34 heavy (non-hydrogen) atoms. The van der Waals surface area contributed by atoms with Gasteiger partial charge in [0, 0.05) is 47.2 Å². The molecule has 3 heterocycles. The van der Waals surface area contributed by atoms with Gasteiger partial charge in [0.25, 0.3) is 0 Å². The molecule has 2 aromatic carbocycles.